The molecule has 25 heavy (non-hydrogen) atoms. The first-order valence-corrected chi connectivity index (χ1v) is 9.84. The molecular weight excluding hydrogens is 332 g/mol. The number of hydrogen-bond acceptors (Lipinski definition) is 4. The molecule has 0 unspecified atom stereocenters. The maximum absolute atomic E-state index is 12.4. The number of amides is 1. The minimum Gasteiger partial charge on any atom is -0.445 e. The zero-order valence-electron chi connectivity index (χ0n) is 14.5. The van der Waals surface area contributed by atoms with Crippen molar-refractivity contribution in [2.75, 3.05) is 13.1 Å². The zero-order chi connectivity index (χ0) is 17.3. The van der Waals surface area contributed by atoms with Crippen LogP contribution >= 0.6 is 11.3 Å². The average Bonchev–Trinajstić information content (AvgIpc) is 3.10. The maximum atomic E-state index is 12.4. The van der Waals surface area contributed by atoms with Crippen molar-refractivity contribution in [2.45, 2.75) is 44.4 Å². The van der Waals surface area contributed by atoms with Crippen molar-refractivity contribution in [2.24, 2.45) is 0 Å². The van der Waals surface area contributed by atoms with Crippen LogP contribution in [0.1, 0.15) is 35.8 Å². The van der Waals surface area contributed by atoms with Gasteiger partial charge < -0.3 is 15.0 Å². The van der Waals surface area contributed by atoms with Gasteiger partial charge in [0.05, 0.1) is 5.54 Å². The normalized spacial score (nSPS) is 21.8. The summed E-state index contributed by atoms with van der Waals surface area (Å²) in [5.41, 5.74) is 2.55. The lowest BCUT2D eigenvalue weighted by Crippen LogP contribution is -2.57. The summed E-state index contributed by atoms with van der Waals surface area (Å²) < 4.78 is 5.49. The number of likely N-dealkylation sites (tertiary alicyclic amines) is 1. The zero-order valence-corrected chi connectivity index (χ0v) is 15.3. The van der Waals surface area contributed by atoms with Gasteiger partial charge in [-0.05, 0) is 48.8 Å². The molecule has 2 aromatic rings. The predicted molar refractivity (Wildman–Crippen MR) is 99.7 cm³/mol. The summed E-state index contributed by atoms with van der Waals surface area (Å²) in [5.74, 6) is 0. The number of piperidine rings is 1. The molecule has 0 bridgehead atoms. The monoisotopic (exact) mass is 356 g/mol. The highest BCUT2D eigenvalue weighted by Gasteiger charge is 2.43. The average molecular weight is 356 g/mol. The maximum Gasteiger partial charge on any atom is 0.410 e. The number of benzene rings is 1. The van der Waals surface area contributed by atoms with Crippen molar-refractivity contribution in [3.05, 3.63) is 57.8 Å². The van der Waals surface area contributed by atoms with Crippen LogP contribution in [0.5, 0.6) is 0 Å². The summed E-state index contributed by atoms with van der Waals surface area (Å²) in [4.78, 5) is 15.7. The van der Waals surface area contributed by atoms with E-state index < -0.39 is 0 Å². The molecule has 4 rings (SSSR count). The molecule has 0 saturated carbocycles. The van der Waals surface area contributed by atoms with Crippen molar-refractivity contribution in [1.82, 2.24) is 10.2 Å². The SMILES string of the molecule is C[C@H]1Cc2ccsc2C2(CCN(C(=O)OCc3ccccc3)CC2)N1. The van der Waals surface area contributed by atoms with Crippen LogP contribution in [-0.4, -0.2) is 30.1 Å². The molecule has 1 spiro atoms. The molecule has 0 radical (unpaired) electrons. The quantitative estimate of drug-likeness (QED) is 0.887. The third-order valence-corrected chi connectivity index (χ3v) is 6.47. The van der Waals surface area contributed by atoms with Crippen molar-refractivity contribution < 1.29 is 9.53 Å². The lowest BCUT2D eigenvalue weighted by molar-refractivity contribution is 0.0684. The van der Waals surface area contributed by atoms with E-state index in [4.69, 9.17) is 4.74 Å². The number of ether oxygens (including phenoxy) is 1. The second-order valence-corrected chi connectivity index (χ2v) is 8.05. The lowest BCUT2D eigenvalue weighted by Gasteiger charge is -2.46. The molecule has 5 heteroatoms. The summed E-state index contributed by atoms with van der Waals surface area (Å²) in [6.07, 6.45) is 2.80. The number of carbonyl (C=O) groups excluding carboxylic acids is 1. The smallest absolute Gasteiger partial charge is 0.410 e. The van der Waals surface area contributed by atoms with Gasteiger partial charge in [-0.3, -0.25) is 0 Å². The fourth-order valence-electron chi connectivity index (χ4n) is 4.09. The van der Waals surface area contributed by atoms with E-state index in [2.05, 4.69) is 23.7 Å². The Balaban J connectivity index is 1.38. The molecular formula is C20H24N2O2S. The number of carbonyl (C=O) groups is 1. The molecule has 132 valence electrons. The molecule has 1 amide bonds. The molecule has 1 fully saturated rings. The van der Waals surface area contributed by atoms with Gasteiger partial charge in [0.2, 0.25) is 0 Å². The van der Waals surface area contributed by atoms with Crippen molar-refractivity contribution in [3.8, 4) is 0 Å². The third kappa shape index (κ3) is 3.31. The standard InChI is InChI=1S/C20H24N2O2S/c1-15-13-17-7-12-25-18(17)20(21-15)8-10-22(11-9-20)19(23)24-14-16-5-3-2-4-6-16/h2-7,12,15,21H,8-11,13-14H2,1H3/t15-/m0/s1. The van der Waals surface area contributed by atoms with Crippen LogP contribution in [0, 0.1) is 0 Å². The molecule has 2 aliphatic rings. The number of thiophene rings is 1. The fraction of sp³-hybridized carbons (Fsp3) is 0.450. The molecule has 0 aliphatic carbocycles. The number of fused-ring (bicyclic) bond motifs is 2. The van der Waals surface area contributed by atoms with Gasteiger partial charge in [0.1, 0.15) is 6.61 Å². The number of nitrogens with one attached hydrogen (secondary N) is 1. The van der Waals surface area contributed by atoms with E-state index in [0.717, 1.165) is 37.9 Å². The van der Waals surface area contributed by atoms with Crippen LogP contribution in [0.2, 0.25) is 0 Å². The van der Waals surface area contributed by atoms with Crippen LogP contribution in [-0.2, 0) is 23.3 Å². The summed E-state index contributed by atoms with van der Waals surface area (Å²) in [5, 5.41) is 6.02. The van der Waals surface area contributed by atoms with Crippen LogP contribution in [0.25, 0.3) is 0 Å². The first kappa shape index (κ1) is 16.6. The van der Waals surface area contributed by atoms with E-state index in [-0.39, 0.29) is 11.6 Å². The van der Waals surface area contributed by atoms with Crippen LogP contribution < -0.4 is 5.32 Å². The van der Waals surface area contributed by atoms with Gasteiger partial charge in [-0.1, -0.05) is 30.3 Å². The summed E-state index contributed by atoms with van der Waals surface area (Å²) in [7, 11) is 0. The molecule has 1 aromatic carbocycles. The molecule has 2 aliphatic heterocycles. The van der Waals surface area contributed by atoms with Crippen molar-refractivity contribution in [3.63, 3.8) is 0 Å². The predicted octanol–water partition coefficient (Wildman–Crippen LogP) is 3.91. The van der Waals surface area contributed by atoms with E-state index in [1.54, 1.807) is 0 Å². The topological polar surface area (TPSA) is 41.6 Å². The minimum absolute atomic E-state index is 0.0391. The number of nitrogens with zero attached hydrogens (tertiary/aromatic N) is 1. The molecule has 1 aromatic heterocycles. The van der Waals surface area contributed by atoms with E-state index in [1.165, 1.54) is 10.4 Å². The molecule has 3 heterocycles. The summed E-state index contributed by atoms with van der Waals surface area (Å²) in [6, 6.07) is 12.6. The van der Waals surface area contributed by atoms with Gasteiger partial charge in [0.15, 0.2) is 0 Å². The number of hydrogen-bond donors (Lipinski definition) is 1. The van der Waals surface area contributed by atoms with Gasteiger partial charge in [-0.2, -0.15) is 0 Å². The number of rotatable bonds is 2. The fourth-order valence-corrected chi connectivity index (χ4v) is 5.25. The molecule has 1 atom stereocenters. The van der Waals surface area contributed by atoms with Crippen LogP contribution in [0.15, 0.2) is 41.8 Å². The molecule has 4 nitrogen and oxygen atoms in total. The lowest BCUT2D eigenvalue weighted by atomic mass is 9.79. The Bertz CT molecular complexity index is 735. The minimum atomic E-state index is -0.200. The molecule has 1 saturated heterocycles. The summed E-state index contributed by atoms with van der Waals surface area (Å²) >= 11 is 1.85. The third-order valence-electron chi connectivity index (χ3n) is 5.31. The second-order valence-electron chi connectivity index (χ2n) is 7.13. The van der Waals surface area contributed by atoms with E-state index in [0.29, 0.717) is 12.6 Å². The highest BCUT2D eigenvalue weighted by Crippen LogP contribution is 2.41. The Labute approximate surface area is 152 Å². The largest absolute Gasteiger partial charge is 0.445 e. The summed E-state index contributed by atoms with van der Waals surface area (Å²) in [6.45, 7) is 4.07. The van der Waals surface area contributed by atoms with E-state index >= 15 is 0 Å². The van der Waals surface area contributed by atoms with E-state index in [9.17, 15) is 4.79 Å². The van der Waals surface area contributed by atoms with Gasteiger partial charge in [-0.25, -0.2) is 4.79 Å². The van der Waals surface area contributed by atoms with Gasteiger partial charge in [-0.15, -0.1) is 11.3 Å². The highest BCUT2D eigenvalue weighted by atomic mass is 32.1. The Morgan fingerprint density at radius 3 is 2.80 bits per heavy atom. The van der Waals surface area contributed by atoms with Crippen LogP contribution in [0.3, 0.4) is 0 Å². The Morgan fingerprint density at radius 2 is 2.04 bits per heavy atom. The van der Waals surface area contributed by atoms with Gasteiger partial charge in [0.25, 0.3) is 0 Å². The van der Waals surface area contributed by atoms with Gasteiger partial charge in [0, 0.05) is 24.0 Å². The van der Waals surface area contributed by atoms with Crippen molar-refractivity contribution >= 4 is 17.4 Å². The van der Waals surface area contributed by atoms with E-state index in [1.807, 2.05) is 46.6 Å². The first-order chi connectivity index (χ1) is 12.2. The van der Waals surface area contributed by atoms with Crippen LogP contribution in [0.4, 0.5) is 4.79 Å². The van der Waals surface area contributed by atoms with Crippen molar-refractivity contribution in [1.29, 1.82) is 0 Å². The Kier molecular flexibility index (Phi) is 4.52. The second kappa shape index (κ2) is 6.81. The van der Waals surface area contributed by atoms with Gasteiger partial charge >= 0.3 is 6.09 Å². The Morgan fingerprint density at radius 1 is 1.28 bits per heavy atom. The highest BCUT2D eigenvalue weighted by molar-refractivity contribution is 7.10. The molecule has 1 N–H and O–H groups in total. The first-order valence-electron chi connectivity index (χ1n) is 8.96. The Hall–Kier alpha value is -1.85.